The van der Waals surface area contributed by atoms with Crippen molar-refractivity contribution in [3.8, 4) is 0 Å². The molecule has 0 aromatic rings. The van der Waals surface area contributed by atoms with E-state index in [0.29, 0.717) is 5.96 Å². The normalized spacial score (nSPS) is 11.1. The molecule has 0 aliphatic heterocycles. The summed E-state index contributed by atoms with van der Waals surface area (Å²) in [5, 5.41) is 5.72. The Hall–Kier alpha value is -1.26. The summed E-state index contributed by atoms with van der Waals surface area (Å²) in [7, 11) is 1.69. The van der Waals surface area contributed by atoms with Gasteiger partial charge in [0.15, 0.2) is 0 Å². The molecule has 0 saturated carbocycles. The van der Waals surface area contributed by atoms with Gasteiger partial charge in [0.25, 0.3) is 0 Å². The Balaban J connectivity index is 3.66. The molecule has 76 valence electrons. The third-order valence-corrected chi connectivity index (χ3v) is 1.53. The summed E-state index contributed by atoms with van der Waals surface area (Å²) in [5.74, 6) is 0.434. The monoisotopic (exact) mass is 186 g/mol. The number of nitrogens with zero attached hydrogens (tertiary/aromatic N) is 1. The molecule has 0 unspecified atom stereocenters. The molecule has 0 aliphatic carbocycles. The van der Waals surface area contributed by atoms with E-state index in [4.69, 9.17) is 5.73 Å². The van der Waals surface area contributed by atoms with Crippen molar-refractivity contribution in [1.82, 2.24) is 10.6 Å². The molecule has 0 heterocycles. The molecule has 0 saturated heterocycles. The first-order chi connectivity index (χ1) is 6.20. The van der Waals surface area contributed by atoms with E-state index in [1.807, 2.05) is 0 Å². The molecule has 5 nitrogen and oxygen atoms in total. The van der Waals surface area contributed by atoms with Crippen LogP contribution in [0.5, 0.6) is 0 Å². The largest absolute Gasteiger partial charge is 0.359 e. The number of carbonyl (C=O) groups excluding carboxylic acids is 1. The van der Waals surface area contributed by atoms with Gasteiger partial charge in [0.2, 0.25) is 5.96 Å². The van der Waals surface area contributed by atoms with Crippen LogP contribution >= 0.6 is 0 Å². The van der Waals surface area contributed by atoms with Gasteiger partial charge < -0.3 is 16.4 Å². The lowest BCUT2D eigenvalue weighted by Crippen LogP contribution is -2.36. The lowest BCUT2D eigenvalue weighted by molar-refractivity contribution is 0.256. The highest BCUT2D eigenvalue weighted by molar-refractivity contribution is 5.91. The SMILES string of the molecule is CCCCCN/C(=N\C(N)=O)NC. The maximum absolute atomic E-state index is 10.4. The number of nitrogens with two attached hydrogens (primary N) is 1. The first-order valence-corrected chi connectivity index (χ1v) is 4.50. The zero-order valence-corrected chi connectivity index (χ0v) is 8.26. The first-order valence-electron chi connectivity index (χ1n) is 4.50. The number of amides is 2. The summed E-state index contributed by atoms with van der Waals surface area (Å²) in [5.41, 5.74) is 4.89. The van der Waals surface area contributed by atoms with Crippen LogP contribution < -0.4 is 16.4 Å². The van der Waals surface area contributed by atoms with Crippen molar-refractivity contribution in [2.45, 2.75) is 26.2 Å². The van der Waals surface area contributed by atoms with Crippen LogP contribution in [0, 0.1) is 0 Å². The Morgan fingerprint density at radius 1 is 1.46 bits per heavy atom. The van der Waals surface area contributed by atoms with E-state index in [-0.39, 0.29) is 0 Å². The highest BCUT2D eigenvalue weighted by atomic mass is 16.2. The van der Waals surface area contributed by atoms with E-state index < -0.39 is 6.03 Å². The molecule has 0 spiro atoms. The Labute approximate surface area is 78.8 Å². The lowest BCUT2D eigenvalue weighted by Gasteiger charge is -2.07. The highest BCUT2D eigenvalue weighted by Crippen LogP contribution is 1.90. The Kier molecular flexibility index (Phi) is 6.68. The van der Waals surface area contributed by atoms with E-state index in [2.05, 4.69) is 22.5 Å². The van der Waals surface area contributed by atoms with Crippen molar-refractivity contribution in [3.63, 3.8) is 0 Å². The van der Waals surface area contributed by atoms with E-state index in [9.17, 15) is 4.79 Å². The molecule has 13 heavy (non-hydrogen) atoms. The third kappa shape index (κ3) is 7.11. The molecular formula is C8H18N4O. The maximum atomic E-state index is 10.4. The van der Waals surface area contributed by atoms with Gasteiger partial charge in [0, 0.05) is 13.6 Å². The number of urea groups is 1. The van der Waals surface area contributed by atoms with Gasteiger partial charge in [-0.3, -0.25) is 0 Å². The Bertz CT molecular complexity index is 179. The number of primary amides is 1. The minimum Gasteiger partial charge on any atom is -0.359 e. The average Bonchev–Trinajstić information content (AvgIpc) is 2.09. The number of carbonyl (C=O) groups is 1. The standard InChI is InChI=1S/C8H18N4O/c1-3-4-5-6-11-8(10-2)12-7(9)13/h3-6H2,1-2H3,(H4,9,10,11,12,13). The highest BCUT2D eigenvalue weighted by Gasteiger charge is 1.95. The molecule has 4 N–H and O–H groups in total. The minimum atomic E-state index is -0.688. The summed E-state index contributed by atoms with van der Waals surface area (Å²) in [6.07, 6.45) is 3.40. The van der Waals surface area contributed by atoms with Gasteiger partial charge in [-0.05, 0) is 6.42 Å². The second-order valence-corrected chi connectivity index (χ2v) is 2.68. The van der Waals surface area contributed by atoms with Crippen LogP contribution in [-0.2, 0) is 0 Å². The van der Waals surface area contributed by atoms with Crippen LogP contribution in [0.3, 0.4) is 0 Å². The Morgan fingerprint density at radius 2 is 2.15 bits per heavy atom. The molecule has 0 atom stereocenters. The van der Waals surface area contributed by atoms with Gasteiger partial charge >= 0.3 is 6.03 Å². The van der Waals surface area contributed by atoms with Crippen molar-refractivity contribution in [2.24, 2.45) is 10.7 Å². The summed E-state index contributed by atoms with van der Waals surface area (Å²) in [4.78, 5) is 13.9. The van der Waals surface area contributed by atoms with Crippen molar-refractivity contribution in [2.75, 3.05) is 13.6 Å². The van der Waals surface area contributed by atoms with E-state index in [1.165, 1.54) is 12.8 Å². The van der Waals surface area contributed by atoms with E-state index in [0.717, 1.165) is 13.0 Å². The number of hydrogen-bond acceptors (Lipinski definition) is 1. The second kappa shape index (κ2) is 7.39. The van der Waals surface area contributed by atoms with Crippen LogP contribution in [0.25, 0.3) is 0 Å². The molecule has 0 rings (SSSR count). The van der Waals surface area contributed by atoms with Crippen molar-refractivity contribution < 1.29 is 4.79 Å². The fourth-order valence-electron chi connectivity index (χ4n) is 0.876. The number of hydrogen-bond donors (Lipinski definition) is 3. The quantitative estimate of drug-likeness (QED) is 0.338. The molecule has 0 aliphatic rings. The summed E-state index contributed by atoms with van der Waals surface area (Å²) in [6.45, 7) is 2.94. The number of rotatable bonds is 4. The fourth-order valence-corrected chi connectivity index (χ4v) is 0.876. The molecule has 0 bridgehead atoms. The van der Waals surface area contributed by atoms with Gasteiger partial charge in [-0.15, -0.1) is 0 Å². The van der Waals surface area contributed by atoms with Crippen LogP contribution in [0.15, 0.2) is 4.99 Å². The Morgan fingerprint density at radius 3 is 2.62 bits per heavy atom. The van der Waals surface area contributed by atoms with Crippen molar-refractivity contribution >= 4 is 12.0 Å². The van der Waals surface area contributed by atoms with E-state index >= 15 is 0 Å². The van der Waals surface area contributed by atoms with Crippen molar-refractivity contribution in [3.05, 3.63) is 0 Å². The summed E-state index contributed by atoms with van der Waals surface area (Å²) >= 11 is 0. The number of aliphatic imine (C=N–C) groups is 1. The fraction of sp³-hybridized carbons (Fsp3) is 0.750. The van der Waals surface area contributed by atoms with Gasteiger partial charge in [0.1, 0.15) is 0 Å². The molecule has 0 fully saturated rings. The van der Waals surface area contributed by atoms with Crippen LogP contribution in [0.1, 0.15) is 26.2 Å². The summed E-state index contributed by atoms with van der Waals surface area (Å²) in [6, 6.07) is -0.688. The molecule has 0 aromatic carbocycles. The molecular weight excluding hydrogens is 168 g/mol. The van der Waals surface area contributed by atoms with Crippen LogP contribution in [0.2, 0.25) is 0 Å². The first kappa shape index (κ1) is 11.7. The molecule has 0 aromatic heterocycles. The molecule has 0 radical (unpaired) electrons. The van der Waals surface area contributed by atoms with Gasteiger partial charge in [-0.2, -0.15) is 4.99 Å². The smallest absolute Gasteiger partial charge is 0.341 e. The predicted molar refractivity (Wildman–Crippen MR) is 53.6 cm³/mol. The number of nitrogens with one attached hydrogen (secondary N) is 2. The zero-order chi connectivity index (χ0) is 10.1. The second-order valence-electron chi connectivity index (χ2n) is 2.68. The zero-order valence-electron chi connectivity index (χ0n) is 8.26. The van der Waals surface area contributed by atoms with E-state index in [1.54, 1.807) is 7.05 Å². The molecule has 2 amide bonds. The minimum absolute atomic E-state index is 0.434. The lowest BCUT2D eigenvalue weighted by atomic mass is 10.2. The third-order valence-electron chi connectivity index (χ3n) is 1.53. The van der Waals surface area contributed by atoms with Gasteiger partial charge in [-0.25, -0.2) is 4.79 Å². The number of unbranched alkanes of at least 4 members (excludes halogenated alkanes) is 2. The van der Waals surface area contributed by atoms with Gasteiger partial charge in [-0.1, -0.05) is 19.8 Å². The predicted octanol–water partition coefficient (Wildman–Crippen LogP) is 0.420. The van der Waals surface area contributed by atoms with Gasteiger partial charge in [0.05, 0.1) is 0 Å². The average molecular weight is 186 g/mol. The molecule has 5 heteroatoms. The van der Waals surface area contributed by atoms with Crippen molar-refractivity contribution in [1.29, 1.82) is 0 Å². The van der Waals surface area contributed by atoms with Crippen LogP contribution in [0.4, 0.5) is 4.79 Å². The summed E-state index contributed by atoms with van der Waals surface area (Å²) < 4.78 is 0. The van der Waals surface area contributed by atoms with Crippen LogP contribution in [-0.4, -0.2) is 25.6 Å². The topological polar surface area (TPSA) is 79.5 Å². The number of guanidine groups is 1. The maximum Gasteiger partial charge on any atom is 0.341 e.